The number of guanidine groups is 1. The van der Waals surface area contributed by atoms with Gasteiger partial charge in [-0.05, 0) is 31.5 Å². The van der Waals surface area contributed by atoms with E-state index in [0.29, 0.717) is 44.1 Å². The van der Waals surface area contributed by atoms with E-state index in [-0.39, 0.29) is 12.6 Å². The Morgan fingerprint density at radius 3 is 2.65 bits per heavy atom. The average Bonchev–Trinajstić information content (AvgIpc) is 2.60. The Kier molecular flexibility index (Phi) is 6.88. The van der Waals surface area contributed by atoms with Crippen molar-refractivity contribution < 1.29 is 23.0 Å². The van der Waals surface area contributed by atoms with Crippen molar-refractivity contribution >= 4 is 5.96 Å². The number of benzene rings is 1. The van der Waals surface area contributed by atoms with E-state index < -0.39 is 17.3 Å². The number of nitrogens with one attached hydrogen (secondary N) is 2. The molecule has 1 aromatic rings. The van der Waals surface area contributed by atoms with Gasteiger partial charge in [0, 0.05) is 32.6 Å². The Hall–Kier alpha value is -1.80. The molecule has 1 atom stereocenters. The minimum absolute atomic E-state index is 0.209. The van der Waals surface area contributed by atoms with Crippen LogP contribution in [0.2, 0.25) is 0 Å². The number of alkyl halides is 3. The van der Waals surface area contributed by atoms with E-state index in [4.69, 9.17) is 4.74 Å². The summed E-state index contributed by atoms with van der Waals surface area (Å²) in [6.07, 6.45) is -3.35. The van der Waals surface area contributed by atoms with E-state index in [9.17, 15) is 18.3 Å². The maximum atomic E-state index is 12.9. The largest absolute Gasteiger partial charge is 0.416 e. The minimum atomic E-state index is -4.37. The van der Waals surface area contributed by atoms with Crippen molar-refractivity contribution in [1.82, 2.24) is 10.6 Å². The molecule has 1 fully saturated rings. The molecule has 0 aliphatic carbocycles. The molecule has 2 rings (SSSR count). The van der Waals surface area contributed by atoms with Crippen LogP contribution in [0.1, 0.15) is 43.9 Å². The normalized spacial score (nSPS) is 19.1. The molecular weight excluding hydrogens is 347 g/mol. The zero-order valence-electron chi connectivity index (χ0n) is 15.1. The molecule has 1 saturated heterocycles. The number of rotatable bonds is 5. The van der Waals surface area contributed by atoms with Crippen molar-refractivity contribution in [2.24, 2.45) is 4.99 Å². The van der Waals surface area contributed by atoms with Crippen LogP contribution >= 0.6 is 0 Å². The van der Waals surface area contributed by atoms with Gasteiger partial charge in [0.1, 0.15) is 0 Å². The number of aliphatic hydroxyl groups is 1. The average molecular weight is 373 g/mol. The standard InChI is InChI=1S/C18H26F3N3O2/c1-3-22-16(23-12-17(25)7-9-26-10-8-17)24-13(2)14-5-4-6-15(11-14)18(19,20)21/h4-6,11,13,25H,3,7-10,12H2,1-2H3,(H2,22,23,24). The molecule has 1 aliphatic heterocycles. The predicted molar refractivity (Wildman–Crippen MR) is 94.0 cm³/mol. The third-order valence-corrected chi connectivity index (χ3v) is 4.37. The molecule has 1 aromatic carbocycles. The Balaban J connectivity index is 2.07. The van der Waals surface area contributed by atoms with Crippen LogP contribution in [0.5, 0.6) is 0 Å². The highest BCUT2D eigenvalue weighted by Crippen LogP contribution is 2.30. The number of ether oxygens (including phenoxy) is 1. The highest BCUT2D eigenvalue weighted by molar-refractivity contribution is 5.80. The summed E-state index contributed by atoms with van der Waals surface area (Å²) in [7, 11) is 0. The fourth-order valence-electron chi connectivity index (χ4n) is 2.73. The molecule has 0 aromatic heterocycles. The van der Waals surface area contributed by atoms with Crippen LogP contribution in [0.3, 0.4) is 0 Å². The summed E-state index contributed by atoms with van der Waals surface area (Å²) in [5.41, 5.74) is -1.07. The van der Waals surface area contributed by atoms with Crippen molar-refractivity contribution in [3.8, 4) is 0 Å². The molecule has 0 spiro atoms. The van der Waals surface area contributed by atoms with Crippen molar-refractivity contribution in [1.29, 1.82) is 0 Å². The van der Waals surface area contributed by atoms with E-state index in [0.717, 1.165) is 12.1 Å². The van der Waals surface area contributed by atoms with Crippen LogP contribution in [0.15, 0.2) is 29.3 Å². The van der Waals surface area contributed by atoms with Crippen molar-refractivity contribution in [2.45, 2.75) is 44.5 Å². The molecule has 1 unspecified atom stereocenters. The van der Waals surface area contributed by atoms with Gasteiger partial charge in [-0.1, -0.05) is 12.1 Å². The van der Waals surface area contributed by atoms with Gasteiger partial charge in [0.2, 0.25) is 0 Å². The third kappa shape index (κ3) is 5.88. The van der Waals surface area contributed by atoms with Gasteiger partial charge in [0.05, 0.1) is 23.8 Å². The minimum Gasteiger partial charge on any atom is -0.388 e. The molecule has 1 heterocycles. The van der Waals surface area contributed by atoms with Gasteiger partial charge in [0.25, 0.3) is 0 Å². The summed E-state index contributed by atoms with van der Waals surface area (Å²) in [5.74, 6) is 0.456. The van der Waals surface area contributed by atoms with Crippen molar-refractivity contribution in [2.75, 3.05) is 26.3 Å². The quantitative estimate of drug-likeness (QED) is 0.549. The number of halogens is 3. The van der Waals surface area contributed by atoms with E-state index >= 15 is 0 Å². The van der Waals surface area contributed by atoms with Gasteiger partial charge in [-0.25, -0.2) is 0 Å². The summed E-state index contributed by atoms with van der Waals surface area (Å²) in [6.45, 7) is 5.47. The lowest BCUT2D eigenvalue weighted by Crippen LogP contribution is -2.43. The van der Waals surface area contributed by atoms with E-state index in [1.54, 1.807) is 13.0 Å². The zero-order valence-corrected chi connectivity index (χ0v) is 15.1. The highest BCUT2D eigenvalue weighted by Gasteiger charge is 2.31. The van der Waals surface area contributed by atoms with Crippen molar-refractivity contribution in [3.05, 3.63) is 35.4 Å². The van der Waals surface area contributed by atoms with Gasteiger partial charge in [0.15, 0.2) is 5.96 Å². The van der Waals surface area contributed by atoms with Crippen LogP contribution in [-0.4, -0.2) is 43.0 Å². The summed E-state index contributed by atoms with van der Waals surface area (Å²) >= 11 is 0. The summed E-state index contributed by atoms with van der Waals surface area (Å²) in [6, 6.07) is 4.84. The molecule has 5 nitrogen and oxygen atoms in total. The van der Waals surface area contributed by atoms with E-state index in [1.807, 2.05) is 6.92 Å². The van der Waals surface area contributed by atoms with Crippen LogP contribution in [0, 0.1) is 0 Å². The highest BCUT2D eigenvalue weighted by atomic mass is 19.4. The molecule has 0 radical (unpaired) electrons. The topological polar surface area (TPSA) is 65.9 Å². The smallest absolute Gasteiger partial charge is 0.388 e. The number of nitrogens with zero attached hydrogens (tertiary/aromatic N) is 1. The van der Waals surface area contributed by atoms with Crippen molar-refractivity contribution in [3.63, 3.8) is 0 Å². The first-order chi connectivity index (χ1) is 12.2. The molecule has 8 heteroatoms. The maximum Gasteiger partial charge on any atom is 0.416 e. The summed E-state index contributed by atoms with van der Waals surface area (Å²) < 4.78 is 43.9. The lowest BCUT2D eigenvalue weighted by molar-refractivity contribution is -0.137. The molecule has 0 bridgehead atoms. The van der Waals surface area contributed by atoms with Crippen LogP contribution in [-0.2, 0) is 10.9 Å². The molecule has 1 aliphatic rings. The van der Waals surface area contributed by atoms with Gasteiger partial charge in [-0.15, -0.1) is 0 Å². The first-order valence-electron chi connectivity index (χ1n) is 8.76. The summed E-state index contributed by atoms with van der Waals surface area (Å²) in [4.78, 5) is 4.41. The number of aliphatic imine (C=N–C) groups is 1. The van der Waals surface area contributed by atoms with Crippen LogP contribution < -0.4 is 10.6 Å². The molecule has 0 amide bonds. The lowest BCUT2D eigenvalue weighted by atomic mass is 9.95. The first-order valence-corrected chi connectivity index (χ1v) is 8.76. The van der Waals surface area contributed by atoms with Gasteiger partial charge in [-0.3, -0.25) is 4.99 Å². The fourth-order valence-corrected chi connectivity index (χ4v) is 2.73. The molecular formula is C18H26F3N3O2. The Morgan fingerprint density at radius 2 is 2.04 bits per heavy atom. The predicted octanol–water partition coefficient (Wildman–Crippen LogP) is 2.86. The SMILES string of the molecule is CCNC(=NCC1(O)CCOCC1)NC(C)c1cccc(C(F)(F)F)c1. The van der Waals surface area contributed by atoms with Crippen LogP contribution in [0.25, 0.3) is 0 Å². The molecule has 26 heavy (non-hydrogen) atoms. The van der Waals surface area contributed by atoms with E-state index in [1.165, 1.54) is 6.07 Å². The number of hydrogen-bond acceptors (Lipinski definition) is 3. The van der Waals surface area contributed by atoms with Gasteiger partial charge < -0.3 is 20.5 Å². The second kappa shape index (κ2) is 8.73. The Labute approximate surface area is 151 Å². The van der Waals surface area contributed by atoms with E-state index in [2.05, 4.69) is 15.6 Å². The second-order valence-electron chi connectivity index (χ2n) is 6.52. The van der Waals surface area contributed by atoms with Crippen LogP contribution in [0.4, 0.5) is 13.2 Å². The van der Waals surface area contributed by atoms with Gasteiger partial charge >= 0.3 is 6.18 Å². The maximum absolute atomic E-state index is 12.9. The monoisotopic (exact) mass is 373 g/mol. The Morgan fingerprint density at radius 1 is 1.35 bits per heavy atom. The molecule has 0 saturated carbocycles. The van der Waals surface area contributed by atoms with Gasteiger partial charge in [-0.2, -0.15) is 13.2 Å². The third-order valence-electron chi connectivity index (χ3n) is 4.37. The fraction of sp³-hybridized carbons (Fsp3) is 0.611. The number of hydrogen-bond donors (Lipinski definition) is 3. The zero-order chi connectivity index (χ0) is 19.2. The molecule has 3 N–H and O–H groups in total. The second-order valence-corrected chi connectivity index (χ2v) is 6.52. The lowest BCUT2D eigenvalue weighted by Gasteiger charge is -2.30. The molecule has 146 valence electrons. The summed E-state index contributed by atoms with van der Waals surface area (Å²) in [5, 5.41) is 16.7. The Bertz CT molecular complexity index is 614. The first kappa shape index (κ1) is 20.5.